The molecule has 0 saturated heterocycles. The van der Waals surface area contributed by atoms with E-state index >= 15 is 0 Å². The maximum Gasteiger partial charge on any atom is 0.350 e. The summed E-state index contributed by atoms with van der Waals surface area (Å²) in [6.07, 6.45) is 1.62. The van der Waals surface area contributed by atoms with Crippen LogP contribution in [0.5, 0.6) is 0 Å². The fraction of sp³-hybridized carbons (Fsp3) is 0.0476. The molecule has 1 heterocycles. The van der Waals surface area contributed by atoms with Crippen LogP contribution in [0.2, 0.25) is 0 Å². The van der Waals surface area contributed by atoms with Gasteiger partial charge in [0.1, 0.15) is 10.9 Å². The molecule has 0 aliphatic heterocycles. The zero-order chi connectivity index (χ0) is 18.4. The van der Waals surface area contributed by atoms with E-state index in [0.717, 1.165) is 16.7 Å². The standard InChI is InChI=1S/C21H16N2O2S/c1-25-21(24)20-19(18(14-26-20)16-10-6-3-7-11-16)23-13-17(12-22)15-8-4-2-5-9-15/h2-11,13-14,23H,1H3. The number of anilines is 1. The van der Waals surface area contributed by atoms with Crippen LogP contribution in [-0.4, -0.2) is 13.1 Å². The van der Waals surface area contributed by atoms with E-state index < -0.39 is 5.97 Å². The summed E-state index contributed by atoms with van der Waals surface area (Å²) in [6.45, 7) is 0. The number of carbonyl (C=O) groups is 1. The van der Waals surface area contributed by atoms with Gasteiger partial charge in [-0.15, -0.1) is 11.3 Å². The van der Waals surface area contributed by atoms with Crippen molar-refractivity contribution < 1.29 is 9.53 Å². The number of nitrogens with zero attached hydrogens (tertiary/aromatic N) is 1. The molecule has 0 atom stereocenters. The Hall–Kier alpha value is -3.36. The first-order valence-corrected chi connectivity index (χ1v) is 8.80. The minimum atomic E-state index is -0.411. The Bertz CT molecular complexity index is 970. The molecule has 0 aliphatic carbocycles. The van der Waals surface area contributed by atoms with E-state index in [-0.39, 0.29) is 0 Å². The van der Waals surface area contributed by atoms with E-state index in [9.17, 15) is 10.1 Å². The first-order valence-electron chi connectivity index (χ1n) is 7.92. The third-order valence-electron chi connectivity index (χ3n) is 3.81. The van der Waals surface area contributed by atoms with Gasteiger partial charge in [-0.05, 0) is 11.1 Å². The number of ether oxygens (including phenoxy) is 1. The highest BCUT2D eigenvalue weighted by Gasteiger charge is 2.19. The molecule has 3 rings (SSSR count). The molecule has 0 aliphatic rings. The molecule has 0 amide bonds. The summed E-state index contributed by atoms with van der Waals surface area (Å²) in [5.74, 6) is -0.411. The van der Waals surface area contributed by atoms with Crippen molar-refractivity contribution in [2.75, 3.05) is 12.4 Å². The number of allylic oxidation sites excluding steroid dienone is 1. The first-order chi connectivity index (χ1) is 12.7. The second-order valence-corrected chi connectivity index (χ2v) is 6.27. The van der Waals surface area contributed by atoms with Gasteiger partial charge in [0, 0.05) is 17.1 Å². The summed E-state index contributed by atoms with van der Waals surface area (Å²) in [6, 6.07) is 21.3. The van der Waals surface area contributed by atoms with Crippen LogP contribution in [0.25, 0.3) is 16.7 Å². The molecule has 1 aromatic heterocycles. The highest BCUT2D eigenvalue weighted by Crippen LogP contribution is 2.37. The molecule has 1 N–H and O–H groups in total. The molecule has 128 valence electrons. The highest BCUT2D eigenvalue weighted by molar-refractivity contribution is 7.13. The predicted molar refractivity (Wildman–Crippen MR) is 105 cm³/mol. The largest absolute Gasteiger partial charge is 0.465 e. The second kappa shape index (κ2) is 8.15. The van der Waals surface area contributed by atoms with Crippen LogP contribution >= 0.6 is 11.3 Å². The van der Waals surface area contributed by atoms with Crippen LogP contribution in [0.1, 0.15) is 15.2 Å². The van der Waals surface area contributed by atoms with E-state index in [1.54, 1.807) is 6.20 Å². The number of carbonyl (C=O) groups excluding carboxylic acids is 1. The SMILES string of the molecule is COC(=O)c1scc(-c2ccccc2)c1NC=C(C#N)c1ccccc1. The molecular weight excluding hydrogens is 344 g/mol. The van der Waals surface area contributed by atoms with Crippen molar-refractivity contribution in [2.45, 2.75) is 0 Å². The number of esters is 1. The van der Waals surface area contributed by atoms with Crippen LogP contribution in [0, 0.1) is 11.3 Å². The van der Waals surface area contributed by atoms with Crippen molar-refractivity contribution in [2.24, 2.45) is 0 Å². The van der Waals surface area contributed by atoms with Gasteiger partial charge in [-0.3, -0.25) is 0 Å². The van der Waals surface area contributed by atoms with Gasteiger partial charge in [0.25, 0.3) is 0 Å². The molecule has 0 fully saturated rings. The molecule has 5 heteroatoms. The average molecular weight is 360 g/mol. The number of hydrogen-bond donors (Lipinski definition) is 1. The third-order valence-corrected chi connectivity index (χ3v) is 4.77. The van der Waals surface area contributed by atoms with Gasteiger partial charge in [-0.2, -0.15) is 5.26 Å². The molecule has 0 radical (unpaired) electrons. The van der Waals surface area contributed by atoms with Crippen LogP contribution in [0.3, 0.4) is 0 Å². The van der Waals surface area contributed by atoms with Crippen LogP contribution < -0.4 is 5.32 Å². The summed E-state index contributed by atoms with van der Waals surface area (Å²) >= 11 is 1.31. The summed E-state index contributed by atoms with van der Waals surface area (Å²) < 4.78 is 4.89. The van der Waals surface area contributed by atoms with Gasteiger partial charge in [0.05, 0.1) is 18.4 Å². The lowest BCUT2D eigenvalue weighted by Gasteiger charge is -2.08. The molecule has 0 spiro atoms. The second-order valence-electron chi connectivity index (χ2n) is 5.39. The number of methoxy groups -OCH3 is 1. The molecule has 0 unspecified atom stereocenters. The van der Waals surface area contributed by atoms with Gasteiger partial charge in [0.15, 0.2) is 0 Å². The smallest absolute Gasteiger partial charge is 0.350 e. The quantitative estimate of drug-likeness (QED) is 0.503. The maximum atomic E-state index is 12.1. The Morgan fingerprint density at radius 2 is 1.77 bits per heavy atom. The summed E-state index contributed by atoms with van der Waals surface area (Å²) in [5.41, 5.74) is 3.78. The van der Waals surface area contributed by atoms with Gasteiger partial charge in [0.2, 0.25) is 0 Å². The number of nitriles is 1. The van der Waals surface area contributed by atoms with Crippen molar-refractivity contribution >= 4 is 28.6 Å². The minimum absolute atomic E-state index is 0.411. The van der Waals surface area contributed by atoms with Crippen molar-refractivity contribution in [3.8, 4) is 17.2 Å². The van der Waals surface area contributed by atoms with Crippen molar-refractivity contribution in [3.63, 3.8) is 0 Å². The summed E-state index contributed by atoms with van der Waals surface area (Å²) in [4.78, 5) is 12.6. The number of rotatable bonds is 5. The van der Waals surface area contributed by atoms with E-state index in [2.05, 4.69) is 11.4 Å². The predicted octanol–water partition coefficient (Wildman–Crippen LogP) is 5.18. The fourth-order valence-electron chi connectivity index (χ4n) is 2.52. The normalized spacial score (nSPS) is 10.8. The average Bonchev–Trinajstić information content (AvgIpc) is 3.13. The Kier molecular flexibility index (Phi) is 5.47. The number of hydrogen-bond acceptors (Lipinski definition) is 5. The Balaban J connectivity index is 2.03. The van der Waals surface area contributed by atoms with Gasteiger partial charge >= 0.3 is 5.97 Å². The van der Waals surface area contributed by atoms with E-state index in [1.807, 2.05) is 66.0 Å². The first kappa shape index (κ1) is 17.5. The monoisotopic (exact) mass is 360 g/mol. The van der Waals surface area contributed by atoms with Crippen molar-refractivity contribution in [1.29, 1.82) is 5.26 Å². The van der Waals surface area contributed by atoms with Crippen molar-refractivity contribution in [1.82, 2.24) is 0 Å². The number of nitrogens with one attached hydrogen (secondary N) is 1. The zero-order valence-corrected chi connectivity index (χ0v) is 14.9. The number of benzene rings is 2. The van der Waals surface area contributed by atoms with Crippen LogP contribution in [-0.2, 0) is 4.74 Å². The molecule has 0 saturated carbocycles. The maximum absolute atomic E-state index is 12.1. The van der Waals surface area contributed by atoms with Gasteiger partial charge in [-0.1, -0.05) is 60.7 Å². The molecule has 4 nitrogen and oxygen atoms in total. The van der Waals surface area contributed by atoms with Crippen molar-refractivity contribution in [3.05, 3.63) is 82.7 Å². The minimum Gasteiger partial charge on any atom is -0.465 e. The lowest BCUT2D eigenvalue weighted by Crippen LogP contribution is -2.03. The lowest BCUT2D eigenvalue weighted by molar-refractivity contribution is 0.0607. The van der Waals surface area contributed by atoms with E-state index in [0.29, 0.717) is 16.1 Å². The lowest BCUT2D eigenvalue weighted by atomic mass is 10.1. The van der Waals surface area contributed by atoms with E-state index in [4.69, 9.17) is 4.74 Å². The molecule has 26 heavy (non-hydrogen) atoms. The van der Waals surface area contributed by atoms with Crippen LogP contribution in [0.15, 0.2) is 72.2 Å². The third kappa shape index (κ3) is 3.66. The van der Waals surface area contributed by atoms with Gasteiger partial charge in [-0.25, -0.2) is 4.79 Å². The summed E-state index contributed by atoms with van der Waals surface area (Å²) in [5, 5.41) is 14.5. The Labute approximate surface area is 156 Å². The Morgan fingerprint density at radius 1 is 1.12 bits per heavy atom. The topological polar surface area (TPSA) is 62.1 Å². The zero-order valence-electron chi connectivity index (χ0n) is 14.1. The highest BCUT2D eigenvalue weighted by atomic mass is 32.1. The molecule has 0 bridgehead atoms. The summed E-state index contributed by atoms with van der Waals surface area (Å²) in [7, 11) is 1.36. The fourth-order valence-corrected chi connectivity index (χ4v) is 3.47. The van der Waals surface area contributed by atoms with E-state index in [1.165, 1.54) is 18.4 Å². The Morgan fingerprint density at radius 3 is 2.38 bits per heavy atom. The number of thiophene rings is 1. The molecule has 2 aromatic carbocycles. The molecule has 3 aromatic rings. The van der Waals surface area contributed by atoms with Gasteiger partial charge < -0.3 is 10.1 Å². The molecular formula is C21H16N2O2S. The van der Waals surface area contributed by atoms with Crippen LogP contribution in [0.4, 0.5) is 5.69 Å².